The third kappa shape index (κ3) is 26.8. The number of rotatable bonds is 31. The zero-order valence-corrected chi connectivity index (χ0v) is 49.6. The average molecular weight is 940 g/mol. The first kappa shape index (κ1) is 55.8. The minimum atomic E-state index is -3.10. The highest BCUT2D eigenvalue weighted by molar-refractivity contribution is 6.99. The largest absolute Gasteiger partial charge is 0.437 e. The fourth-order valence-corrected chi connectivity index (χ4v) is 62.1. The molecule has 0 aliphatic rings. The molecule has 0 saturated carbocycles. The summed E-state index contributed by atoms with van der Waals surface area (Å²) in [5.41, 5.74) is 0.602. The summed E-state index contributed by atoms with van der Waals surface area (Å²) in [5.74, 6) is 0. The minimum Gasteiger partial charge on any atom is -0.437 e. The fraction of sp³-hybridized carbons (Fsp3) is 1.00. The van der Waals surface area contributed by atoms with Crippen LogP contribution >= 0.6 is 0 Å². The van der Waals surface area contributed by atoms with Gasteiger partial charge >= 0.3 is 51.4 Å². The standard InChI is InChI=1S/C34H90O10Si10/c1-23-25-31-47(10,11)39-50(16,17)42-54(22,43-51(18,19)40-48(12,13)32-26-24-2)34-53(21,38-46(7,8)9)44-52(20,33-27-28-36-30-29-35-3)41-49(14,15)37-45(4,5)6/h23-34H2,1-22H3. The molecule has 0 aromatic heterocycles. The lowest BCUT2D eigenvalue weighted by molar-refractivity contribution is 0.0702. The van der Waals surface area contributed by atoms with Crippen LogP contribution in [0.15, 0.2) is 0 Å². The van der Waals surface area contributed by atoms with Gasteiger partial charge in [0.2, 0.25) is 0 Å². The zero-order chi connectivity index (χ0) is 42.6. The van der Waals surface area contributed by atoms with E-state index in [2.05, 4.69) is 138 Å². The predicted molar refractivity (Wildman–Crippen MR) is 254 cm³/mol. The fourth-order valence-electron chi connectivity index (χ4n) is 7.73. The third-order valence-corrected chi connectivity index (χ3v) is 49.2. The van der Waals surface area contributed by atoms with E-state index in [1.54, 1.807) is 7.11 Å². The van der Waals surface area contributed by atoms with E-state index in [0.717, 1.165) is 37.4 Å². The van der Waals surface area contributed by atoms with Crippen LogP contribution in [0.2, 0.25) is 148 Å². The second kappa shape index (κ2) is 22.6. The summed E-state index contributed by atoms with van der Waals surface area (Å²) < 4.78 is 69.2. The molecule has 2 atom stereocenters. The highest BCUT2D eigenvalue weighted by Crippen LogP contribution is 2.38. The van der Waals surface area contributed by atoms with Gasteiger partial charge in [0, 0.05) is 19.4 Å². The van der Waals surface area contributed by atoms with Crippen molar-refractivity contribution in [3.63, 3.8) is 0 Å². The van der Waals surface area contributed by atoms with Crippen LogP contribution in [0.5, 0.6) is 0 Å². The molecule has 326 valence electrons. The molecule has 20 heteroatoms. The van der Waals surface area contributed by atoms with Crippen molar-refractivity contribution >= 4 is 84.6 Å². The molecular formula is C34H90O10Si10. The molecule has 0 aliphatic carbocycles. The number of unbranched alkanes of at least 4 members (excludes halogenated alkanes) is 2. The Labute approximate surface area is 346 Å². The van der Waals surface area contributed by atoms with E-state index in [9.17, 15) is 0 Å². The van der Waals surface area contributed by atoms with Gasteiger partial charge < -0.3 is 42.4 Å². The van der Waals surface area contributed by atoms with E-state index < -0.39 is 84.6 Å². The van der Waals surface area contributed by atoms with Gasteiger partial charge in [-0.3, -0.25) is 0 Å². The molecule has 10 nitrogen and oxygen atoms in total. The van der Waals surface area contributed by atoms with Gasteiger partial charge in [0.25, 0.3) is 0 Å². The van der Waals surface area contributed by atoms with Gasteiger partial charge in [-0.15, -0.1) is 0 Å². The molecule has 0 saturated heterocycles. The molecule has 0 amide bonds. The molecule has 0 aromatic carbocycles. The summed E-state index contributed by atoms with van der Waals surface area (Å²) in [7, 11) is -23.3. The Kier molecular flexibility index (Phi) is 23.3. The Morgan fingerprint density at radius 1 is 0.352 bits per heavy atom. The number of hydrogen-bond donors (Lipinski definition) is 0. The van der Waals surface area contributed by atoms with Gasteiger partial charge in [-0.05, 0) is 149 Å². The van der Waals surface area contributed by atoms with Crippen LogP contribution in [-0.4, -0.2) is 112 Å². The van der Waals surface area contributed by atoms with E-state index in [0.29, 0.717) is 25.5 Å². The van der Waals surface area contributed by atoms with Crippen molar-refractivity contribution in [1.82, 2.24) is 0 Å². The van der Waals surface area contributed by atoms with Gasteiger partial charge in [0.1, 0.15) is 0 Å². The van der Waals surface area contributed by atoms with Gasteiger partial charge in [0.15, 0.2) is 33.3 Å². The molecule has 54 heavy (non-hydrogen) atoms. The van der Waals surface area contributed by atoms with E-state index in [1.165, 1.54) is 12.8 Å². The smallest absolute Gasteiger partial charge is 0.319 e. The summed E-state index contributed by atoms with van der Waals surface area (Å²) in [6.07, 6.45) is 5.49. The van der Waals surface area contributed by atoms with Crippen LogP contribution < -0.4 is 0 Å². The summed E-state index contributed by atoms with van der Waals surface area (Å²) in [5, 5.41) is 0. The molecule has 0 heterocycles. The summed E-state index contributed by atoms with van der Waals surface area (Å²) >= 11 is 0. The second-order valence-corrected chi connectivity index (χ2v) is 60.4. The summed E-state index contributed by atoms with van der Waals surface area (Å²) in [6, 6.07) is 3.00. The van der Waals surface area contributed by atoms with Gasteiger partial charge in [-0.25, -0.2) is 0 Å². The highest BCUT2D eigenvalue weighted by Gasteiger charge is 2.57. The number of hydrogen-bond acceptors (Lipinski definition) is 10. The van der Waals surface area contributed by atoms with Gasteiger partial charge in [-0.2, -0.15) is 0 Å². The third-order valence-electron chi connectivity index (χ3n) is 8.19. The molecule has 0 radical (unpaired) electrons. The Bertz CT molecular complexity index is 1040. The van der Waals surface area contributed by atoms with Crippen LogP contribution in [0.4, 0.5) is 0 Å². The first-order chi connectivity index (χ1) is 24.0. The lowest BCUT2D eigenvalue weighted by atomic mass is 10.4. The van der Waals surface area contributed by atoms with Gasteiger partial charge in [-0.1, -0.05) is 39.5 Å². The van der Waals surface area contributed by atoms with E-state index >= 15 is 0 Å². The number of methoxy groups -OCH3 is 1. The van der Waals surface area contributed by atoms with Crippen molar-refractivity contribution in [2.45, 2.75) is 194 Å². The first-order valence-electron chi connectivity index (χ1n) is 20.7. The van der Waals surface area contributed by atoms with E-state index in [1.807, 2.05) is 0 Å². The van der Waals surface area contributed by atoms with E-state index in [-0.39, 0.29) is 0 Å². The molecule has 0 aromatic rings. The SMILES string of the molecule is CCCC[Si](C)(C)O[Si](C)(C)O[Si](C)(C[Si](C)(O[Si](C)(C)C)O[Si](C)(CCCOCCOC)O[Si](C)(C)O[Si](C)(C)C)O[Si](C)(C)O[Si](C)(C)CCCC. The molecule has 0 N–H and O–H groups in total. The van der Waals surface area contributed by atoms with Crippen LogP contribution in [-0.2, 0) is 42.4 Å². The van der Waals surface area contributed by atoms with Gasteiger partial charge in [0.05, 0.1) is 13.2 Å². The maximum absolute atomic E-state index is 7.61. The molecule has 0 bridgehead atoms. The lowest BCUT2D eigenvalue weighted by Gasteiger charge is -2.48. The highest BCUT2D eigenvalue weighted by atomic mass is 28.5. The lowest BCUT2D eigenvalue weighted by Crippen LogP contribution is -2.66. The Morgan fingerprint density at radius 2 is 0.741 bits per heavy atom. The van der Waals surface area contributed by atoms with Crippen molar-refractivity contribution in [3.05, 3.63) is 0 Å². The zero-order valence-electron chi connectivity index (χ0n) is 39.6. The van der Waals surface area contributed by atoms with E-state index in [4.69, 9.17) is 42.4 Å². The quantitative estimate of drug-likeness (QED) is 0.0494. The summed E-state index contributed by atoms with van der Waals surface area (Å²) in [4.78, 5) is 0. The maximum Gasteiger partial charge on any atom is 0.319 e. The maximum atomic E-state index is 7.61. The van der Waals surface area contributed by atoms with Crippen molar-refractivity contribution in [1.29, 1.82) is 0 Å². The normalized spacial score (nSPS) is 16.8. The molecule has 0 fully saturated rings. The van der Waals surface area contributed by atoms with Crippen LogP contribution in [0.1, 0.15) is 46.0 Å². The van der Waals surface area contributed by atoms with Crippen LogP contribution in [0.3, 0.4) is 0 Å². The Hall–Kier alpha value is 1.77. The molecule has 0 aliphatic heterocycles. The van der Waals surface area contributed by atoms with Crippen molar-refractivity contribution in [2.75, 3.05) is 26.9 Å². The van der Waals surface area contributed by atoms with Crippen LogP contribution in [0.25, 0.3) is 0 Å². The van der Waals surface area contributed by atoms with Crippen molar-refractivity contribution in [3.8, 4) is 0 Å². The molecule has 0 rings (SSSR count). The molecule has 0 spiro atoms. The monoisotopic (exact) mass is 938 g/mol. The Morgan fingerprint density at radius 3 is 1.13 bits per heavy atom. The average Bonchev–Trinajstić information content (AvgIpc) is 2.86. The molecule has 2 unspecified atom stereocenters. The van der Waals surface area contributed by atoms with Crippen molar-refractivity contribution < 1.29 is 42.4 Å². The minimum absolute atomic E-state index is 0.568. The topological polar surface area (TPSA) is 92.3 Å². The second-order valence-electron chi connectivity index (χ2n) is 20.3. The summed E-state index contributed by atoms with van der Waals surface area (Å²) in [6.45, 7) is 48.9. The number of ether oxygens (including phenoxy) is 2. The predicted octanol–water partition coefficient (Wildman–Crippen LogP) is 11.7. The van der Waals surface area contributed by atoms with Crippen LogP contribution in [0, 0.1) is 0 Å². The first-order valence-corrected chi connectivity index (χ1v) is 49.8. The molecular weight excluding hydrogens is 849 g/mol. The Balaban J connectivity index is 7.19. The van der Waals surface area contributed by atoms with Crippen molar-refractivity contribution in [2.24, 2.45) is 0 Å².